The molecule has 0 aliphatic heterocycles. The standard InChI is InChI=1S/C15H13F2NO4S/c1-22-13-5-3-2-4-12(13)18-14(19)10-6-8-11(9-7-10)23(20,21)15(16)17/h2-9,15H,1H3,(H,18,19). The lowest BCUT2D eigenvalue weighted by molar-refractivity contribution is 0.102. The van der Waals surface area contributed by atoms with Gasteiger partial charge in [-0.25, -0.2) is 8.42 Å². The molecule has 122 valence electrons. The van der Waals surface area contributed by atoms with Crippen LogP contribution in [0.5, 0.6) is 5.75 Å². The molecule has 0 saturated carbocycles. The van der Waals surface area contributed by atoms with Crippen molar-refractivity contribution in [2.75, 3.05) is 12.4 Å². The van der Waals surface area contributed by atoms with Crippen LogP contribution in [0.15, 0.2) is 53.4 Å². The van der Waals surface area contributed by atoms with E-state index in [-0.39, 0.29) is 5.56 Å². The molecule has 0 unspecified atom stereocenters. The lowest BCUT2D eigenvalue weighted by Crippen LogP contribution is -2.14. The van der Waals surface area contributed by atoms with Crippen molar-refractivity contribution in [2.45, 2.75) is 10.7 Å². The molecule has 0 bridgehead atoms. The van der Waals surface area contributed by atoms with Crippen molar-refractivity contribution >= 4 is 21.4 Å². The molecule has 2 aromatic carbocycles. The van der Waals surface area contributed by atoms with Gasteiger partial charge in [0.25, 0.3) is 5.91 Å². The van der Waals surface area contributed by atoms with Gasteiger partial charge in [0.15, 0.2) is 0 Å². The highest BCUT2D eigenvalue weighted by atomic mass is 32.2. The molecule has 0 atom stereocenters. The Kier molecular flexibility index (Phi) is 4.95. The van der Waals surface area contributed by atoms with Gasteiger partial charge < -0.3 is 10.1 Å². The summed E-state index contributed by atoms with van der Waals surface area (Å²) >= 11 is 0. The molecule has 8 heteroatoms. The molecule has 2 aromatic rings. The Balaban J connectivity index is 2.21. The summed E-state index contributed by atoms with van der Waals surface area (Å²) in [6.45, 7) is 0. The minimum Gasteiger partial charge on any atom is -0.495 e. The number of ether oxygens (including phenoxy) is 1. The van der Waals surface area contributed by atoms with Crippen LogP contribution in [0.1, 0.15) is 10.4 Å². The largest absolute Gasteiger partial charge is 0.495 e. The van der Waals surface area contributed by atoms with Gasteiger partial charge in [-0.3, -0.25) is 4.79 Å². The lowest BCUT2D eigenvalue weighted by atomic mass is 10.2. The number of carbonyl (C=O) groups is 1. The number of halogens is 2. The average molecular weight is 341 g/mol. The summed E-state index contributed by atoms with van der Waals surface area (Å²) in [6, 6.07) is 11.0. The van der Waals surface area contributed by atoms with Crippen LogP contribution in [0, 0.1) is 0 Å². The zero-order chi connectivity index (χ0) is 17.0. The Morgan fingerprint density at radius 2 is 1.70 bits per heavy atom. The van der Waals surface area contributed by atoms with Crippen molar-refractivity contribution in [1.82, 2.24) is 0 Å². The van der Waals surface area contributed by atoms with Crippen LogP contribution in [-0.2, 0) is 9.84 Å². The number of hydrogen-bond acceptors (Lipinski definition) is 4. The summed E-state index contributed by atoms with van der Waals surface area (Å²) < 4.78 is 52.6. The molecule has 0 heterocycles. The summed E-state index contributed by atoms with van der Waals surface area (Å²) in [5.74, 6) is -3.57. The fourth-order valence-electron chi connectivity index (χ4n) is 1.84. The number of anilines is 1. The van der Waals surface area contributed by atoms with Crippen molar-refractivity contribution in [2.24, 2.45) is 0 Å². The van der Waals surface area contributed by atoms with Gasteiger partial charge in [0.2, 0.25) is 9.84 Å². The van der Waals surface area contributed by atoms with E-state index in [1.165, 1.54) is 19.2 Å². The second kappa shape index (κ2) is 6.74. The molecular weight excluding hydrogens is 328 g/mol. The molecule has 0 spiro atoms. The highest BCUT2D eigenvalue weighted by molar-refractivity contribution is 7.91. The number of sulfone groups is 1. The number of benzene rings is 2. The monoisotopic (exact) mass is 341 g/mol. The van der Waals surface area contributed by atoms with Gasteiger partial charge in [-0.1, -0.05) is 12.1 Å². The van der Waals surface area contributed by atoms with Gasteiger partial charge in [-0.05, 0) is 36.4 Å². The number of alkyl halides is 2. The summed E-state index contributed by atoms with van der Waals surface area (Å²) in [5.41, 5.74) is 0.563. The van der Waals surface area contributed by atoms with Crippen LogP contribution >= 0.6 is 0 Å². The molecule has 0 fully saturated rings. The predicted octanol–water partition coefficient (Wildman–Crippen LogP) is 2.94. The summed E-state index contributed by atoms with van der Waals surface area (Å²) in [7, 11) is -3.22. The van der Waals surface area contributed by atoms with Crippen molar-refractivity contribution in [3.8, 4) is 5.75 Å². The zero-order valence-corrected chi connectivity index (χ0v) is 12.8. The Morgan fingerprint density at radius 3 is 2.26 bits per heavy atom. The molecule has 23 heavy (non-hydrogen) atoms. The van der Waals surface area contributed by atoms with Crippen LogP contribution in [0.2, 0.25) is 0 Å². The van der Waals surface area contributed by atoms with Crippen molar-refractivity contribution < 1.29 is 26.7 Å². The van der Waals surface area contributed by atoms with Gasteiger partial charge in [-0.15, -0.1) is 0 Å². The van der Waals surface area contributed by atoms with E-state index in [2.05, 4.69) is 5.32 Å². The molecule has 0 aromatic heterocycles. The van der Waals surface area contributed by atoms with E-state index >= 15 is 0 Å². The topological polar surface area (TPSA) is 72.5 Å². The van der Waals surface area contributed by atoms with Crippen LogP contribution in [0.4, 0.5) is 14.5 Å². The van der Waals surface area contributed by atoms with E-state index in [0.717, 1.165) is 12.1 Å². The number of nitrogens with one attached hydrogen (secondary N) is 1. The molecule has 0 radical (unpaired) electrons. The first-order valence-corrected chi connectivity index (χ1v) is 7.97. The number of hydrogen-bond donors (Lipinski definition) is 1. The highest BCUT2D eigenvalue weighted by Gasteiger charge is 2.26. The van der Waals surface area contributed by atoms with E-state index in [1.807, 2.05) is 0 Å². The number of amides is 1. The second-order valence-electron chi connectivity index (χ2n) is 4.48. The summed E-state index contributed by atoms with van der Waals surface area (Å²) in [4.78, 5) is 11.6. The van der Waals surface area contributed by atoms with E-state index in [9.17, 15) is 22.0 Å². The van der Waals surface area contributed by atoms with E-state index in [0.29, 0.717) is 11.4 Å². The third-order valence-corrected chi connectivity index (χ3v) is 4.43. The van der Waals surface area contributed by atoms with E-state index < -0.39 is 26.4 Å². The Morgan fingerprint density at radius 1 is 1.09 bits per heavy atom. The molecule has 0 aliphatic carbocycles. The summed E-state index contributed by atoms with van der Waals surface area (Å²) in [5, 5.41) is 2.60. The van der Waals surface area contributed by atoms with Gasteiger partial charge in [0, 0.05) is 5.56 Å². The third kappa shape index (κ3) is 3.65. The van der Waals surface area contributed by atoms with Gasteiger partial charge in [0.1, 0.15) is 5.75 Å². The van der Waals surface area contributed by atoms with Crippen LogP contribution in [-0.4, -0.2) is 27.2 Å². The molecule has 5 nitrogen and oxygen atoms in total. The first-order chi connectivity index (χ1) is 10.9. The van der Waals surface area contributed by atoms with E-state index in [4.69, 9.17) is 4.74 Å². The second-order valence-corrected chi connectivity index (χ2v) is 6.40. The Bertz CT molecular complexity index is 804. The predicted molar refractivity (Wildman–Crippen MR) is 80.6 cm³/mol. The molecule has 1 amide bonds. The lowest BCUT2D eigenvalue weighted by Gasteiger charge is -2.10. The smallest absolute Gasteiger partial charge is 0.341 e. The molecule has 0 aliphatic rings. The fraction of sp³-hybridized carbons (Fsp3) is 0.133. The van der Waals surface area contributed by atoms with Gasteiger partial charge in [-0.2, -0.15) is 8.78 Å². The molecule has 2 rings (SSSR count). The van der Waals surface area contributed by atoms with E-state index in [1.54, 1.807) is 24.3 Å². The minimum absolute atomic E-state index is 0.129. The minimum atomic E-state index is -4.67. The van der Waals surface area contributed by atoms with Crippen LogP contribution < -0.4 is 10.1 Å². The number of rotatable bonds is 5. The average Bonchev–Trinajstić information content (AvgIpc) is 2.55. The SMILES string of the molecule is COc1ccccc1NC(=O)c1ccc(S(=O)(=O)C(F)F)cc1. The first-order valence-electron chi connectivity index (χ1n) is 6.42. The number of methoxy groups -OCH3 is 1. The quantitative estimate of drug-likeness (QED) is 0.907. The van der Waals surface area contributed by atoms with Gasteiger partial charge >= 0.3 is 5.76 Å². The molecule has 1 N–H and O–H groups in total. The highest BCUT2D eigenvalue weighted by Crippen LogP contribution is 2.24. The maximum Gasteiger partial charge on any atom is 0.341 e. The van der Waals surface area contributed by atoms with Crippen LogP contribution in [0.3, 0.4) is 0 Å². The van der Waals surface area contributed by atoms with Crippen LogP contribution in [0.25, 0.3) is 0 Å². The maximum atomic E-state index is 12.4. The third-order valence-electron chi connectivity index (χ3n) is 3.03. The molecular formula is C15H13F2NO4S. The fourth-order valence-corrected chi connectivity index (χ4v) is 2.56. The van der Waals surface area contributed by atoms with Crippen molar-refractivity contribution in [3.05, 3.63) is 54.1 Å². The molecule has 0 saturated heterocycles. The Hall–Kier alpha value is -2.48. The number of carbonyl (C=O) groups excluding carboxylic acids is 1. The number of para-hydroxylation sites is 2. The normalized spacial score (nSPS) is 11.3. The Labute approximate surface area is 131 Å². The van der Waals surface area contributed by atoms with Crippen molar-refractivity contribution in [1.29, 1.82) is 0 Å². The first kappa shape index (κ1) is 16.9. The van der Waals surface area contributed by atoms with Gasteiger partial charge in [0.05, 0.1) is 17.7 Å². The summed E-state index contributed by atoms with van der Waals surface area (Å²) in [6.07, 6.45) is 0. The zero-order valence-electron chi connectivity index (χ0n) is 12.0. The maximum absolute atomic E-state index is 12.4. The van der Waals surface area contributed by atoms with Crippen molar-refractivity contribution in [3.63, 3.8) is 0 Å².